The first-order chi connectivity index (χ1) is 9.47. The third-order valence-corrected chi connectivity index (χ3v) is 3.82. The fourth-order valence-electron chi connectivity index (χ4n) is 1.88. The van der Waals surface area contributed by atoms with Gasteiger partial charge in [0.05, 0.1) is 10.9 Å². The number of alkyl halides is 1. The largest absolute Gasteiger partial charge is 0.491 e. The van der Waals surface area contributed by atoms with Crippen LogP contribution in [0.1, 0.15) is 29.8 Å². The monoisotopic (exact) mass is 340 g/mol. The van der Waals surface area contributed by atoms with E-state index in [9.17, 15) is 8.78 Å². The molecule has 0 aliphatic heterocycles. The molecular formula is C16H15BrF2O. The lowest BCUT2D eigenvalue weighted by atomic mass is 10.0. The predicted octanol–water partition coefficient (Wildman–Crippen LogP) is 5.24. The Labute approximate surface area is 125 Å². The topological polar surface area (TPSA) is 9.23 Å². The quantitative estimate of drug-likeness (QED) is 0.692. The highest BCUT2D eigenvalue weighted by Gasteiger charge is 2.13. The van der Waals surface area contributed by atoms with Crippen LogP contribution >= 0.6 is 15.9 Å². The Hall–Kier alpha value is -1.42. The summed E-state index contributed by atoms with van der Waals surface area (Å²) in [6.07, 6.45) is 0.0855. The maximum Gasteiger partial charge on any atom is 0.159 e. The summed E-state index contributed by atoms with van der Waals surface area (Å²) in [4.78, 5) is -0.215. The van der Waals surface area contributed by atoms with Gasteiger partial charge in [-0.25, -0.2) is 8.78 Å². The molecule has 1 nitrogen and oxygen atoms in total. The molecule has 0 radical (unpaired) electrons. The maximum absolute atomic E-state index is 13.3. The molecule has 0 heterocycles. The Kier molecular flexibility index (Phi) is 4.76. The Balaban J connectivity index is 2.28. The van der Waals surface area contributed by atoms with Crippen LogP contribution in [0, 0.1) is 11.6 Å². The number of ether oxygens (including phenoxy) is 1. The van der Waals surface area contributed by atoms with Crippen LogP contribution in [0.5, 0.6) is 5.75 Å². The molecule has 0 aromatic heterocycles. The minimum absolute atomic E-state index is 0.0855. The van der Waals surface area contributed by atoms with Crippen molar-refractivity contribution in [3.05, 3.63) is 65.2 Å². The van der Waals surface area contributed by atoms with E-state index in [4.69, 9.17) is 4.74 Å². The summed E-state index contributed by atoms with van der Waals surface area (Å²) >= 11 is 3.51. The van der Waals surface area contributed by atoms with Crippen molar-refractivity contribution in [3.63, 3.8) is 0 Å². The molecule has 2 aromatic carbocycles. The van der Waals surface area contributed by atoms with E-state index in [1.165, 1.54) is 6.07 Å². The summed E-state index contributed by atoms with van der Waals surface area (Å²) in [5.74, 6) is -0.934. The minimum Gasteiger partial charge on any atom is -0.491 e. The van der Waals surface area contributed by atoms with E-state index in [0.29, 0.717) is 5.56 Å². The molecule has 106 valence electrons. The predicted molar refractivity (Wildman–Crippen MR) is 79.3 cm³/mol. The zero-order valence-corrected chi connectivity index (χ0v) is 12.8. The van der Waals surface area contributed by atoms with Crippen molar-refractivity contribution >= 4 is 15.9 Å². The van der Waals surface area contributed by atoms with Gasteiger partial charge in [-0.05, 0) is 49.2 Å². The first-order valence-corrected chi connectivity index (χ1v) is 7.24. The molecule has 0 aliphatic rings. The van der Waals surface area contributed by atoms with Crippen LogP contribution in [0.25, 0.3) is 0 Å². The van der Waals surface area contributed by atoms with Crippen LogP contribution in [0.3, 0.4) is 0 Å². The average molecular weight is 341 g/mol. The zero-order chi connectivity index (χ0) is 14.7. The molecule has 0 aliphatic carbocycles. The van der Waals surface area contributed by atoms with Gasteiger partial charge in [0.1, 0.15) is 5.75 Å². The van der Waals surface area contributed by atoms with E-state index in [0.717, 1.165) is 17.4 Å². The Bertz CT molecular complexity index is 599. The smallest absolute Gasteiger partial charge is 0.159 e. The van der Waals surface area contributed by atoms with E-state index in [1.807, 2.05) is 38.1 Å². The zero-order valence-electron chi connectivity index (χ0n) is 11.2. The molecule has 20 heavy (non-hydrogen) atoms. The maximum atomic E-state index is 13.3. The fourth-order valence-corrected chi connectivity index (χ4v) is 2.45. The number of benzene rings is 2. The van der Waals surface area contributed by atoms with Crippen molar-refractivity contribution < 1.29 is 13.5 Å². The second kappa shape index (κ2) is 6.35. The molecule has 2 aromatic rings. The van der Waals surface area contributed by atoms with Gasteiger partial charge in [-0.3, -0.25) is 0 Å². The van der Waals surface area contributed by atoms with Crippen molar-refractivity contribution in [2.24, 2.45) is 0 Å². The van der Waals surface area contributed by atoms with Crippen LogP contribution in [0.4, 0.5) is 8.78 Å². The van der Waals surface area contributed by atoms with E-state index < -0.39 is 11.6 Å². The molecule has 0 saturated carbocycles. The molecule has 1 atom stereocenters. The van der Waals surface area contributed by atoms with E-state index in [-0.39, 0.29) is 10.9 Å². The van der Waals surface area contributed by atoms with E-state index in [2.05, 4.69) is 15.9 Å². The highest BCUT2D eigenvalue weighted by Crippen LogP contribution is 2.33. The van der Waals surface area contributed by atoms with Gasteiger partial charge in [-0.1, -0.05) is 34.1 Å². The van der Waals surface area contributed by atoms with Crippen LogP contribution in [-0.4, -0.2) is 6.10 Å². The van der Waals surface area contributed by atoms with Crippen molar-refractivity contribution in [1.29, 1.82) is 0 Å². The normalized spacial score (nSPS) is 12.5. The first-order valence-electron chi connectivity index (χ1n) is 6.33. The first kappa shape index (κ1) is 15.0. The number of hydrogen-bond donors (Lipinski definition) is 0. The van der Waals surface area contributed by atoms with Crippen molar-refractivity contribution in [3.8, 4) is 5.75 Å². The lowest BCUT2D eigenvalue weighted by Gasteiger charge is -2.14. The second-order valence-corrected chi connectivity index (χ2v) is 5.69. The van der Waals surface area contributed by atoms with E-state index >= 15 is 0 Å². The number of hydrogen-bond acceptors (Lipinski definition) is 1. The summed E-state index contributed by atoms with van der Waals surface area (Å²) < 4.78 is 31.9. The number of halogens is 3. The van der Waals surface area contributed by atoms with Gasteiger partial charge in [0.15, 0.2) is 11.6 Å². The summed E-state index contributed by atoms with van der Waals surface area (Å²) in [7, 11) is 0. The molecule has 0 spiro atoms. The van der Waals surface area contributed by atoms with Crippen molar-refractivity contribution in [1.82, 2.24) is 0 Å². The lowest BCUT2D eigenvalue weighted by Crippen LogP contribution is -2.06. The van der Waals surface area contributed by atoms with Crippen LogP contribution < -0.4 is 4.74 Å². The van der Waals surface area contributed by atoms with Crippen molar-refractivity contribution in [2.75, 3.05) is 0 Å². The average Bonchev–Trinajstić information content (AvgIpc) is 2.40. The second-order valence-electron chi connectivity index (χ2n) is 4.78. The third kappa shape index (κ3) is 3.57. The van der Waals surface area contributed by atoms with Gasteiger partial charge < -0.3 is 4.74 Å². The van der Waals surface area contributed by atoms with Gasteiger partial charge in [-0.15, -0.1) is 0 Å². The molecule has 1 unspecified atom stereocenters. The molecule has 0 fully saturated rings. The van der Waals surface area contributed by atoms with Gasteiger partial charge in [0.2, 0.25) is 0 Å². The van der Waals surface area contributed by atoms with E-state index in [1.54, 1.807) is 6.07 Å². The molecule has 0 bridgehead atoms. The SMILES string of the molecule is CC(C)Oc1cccc(C(Br)c2ccc(F)c(F)c2)c1. The lowest BCUT2D eigenvalue weighted by molar-refractivity contribution is 0.242. The Morgan fingerprint density at radius 1 is 0.950 bits per heavy atom. The summed E-state index contributed by atoms with van der Waals surface area (Å²) in [5.41, 5.74) is 1.58. The van der Waals surface area contributed by atoms with Gasteiger partial charge in [-0.2, -0.15) is 0 Å². The number of rotatable bonds is 4. The highest BCUT2D eigenvalue weighted by atomic mass is 79.9. The Morgan fingerprint density at radius 2 is 1.65 bits per heavy atom. The molecule has 0 saturated heterocycles. The highest BCUT2D eigenvalue weighted by molar-refractivity contribution is 9.09. The van der Waals surface area contributed by atoms with Gasteiger partial charge in [0, 0.05) is 0 Å². The fraction of sp³-hybridized carbons (Fsp3) is 0.250. The van der Waals surface area contributed by atoms with Gasteiger partial charge in [0.25, 0.3) is 0 Å². The van der Waals surface area contributed by atoms with Crippen LogP contribution in [0.15, 0.2) is 42.5 Å². The summed E-state index contributed by atoms with van der Waals surface area (Å²) in [6.45, 7) is 3.90. The van der Waals surface area contributed by atoms with Gasteiger partial charge >= 0.3 is 0 Å². The summed E-state index contributed by atoms with van der Waals surface area (Å²) in [5, 5.41) is 0. The molecular weight excluding hydrogens is 326 g/mol. The minimum atomic E-state index is -0.846. The van der Waals surface area contributed by atoms with Crippen molar-refractivity contribution in [2.45, 2.75) is 24.8 Å². The van der Waals surface area contributed by atoms with Crippen LogP contribution in [-0.2, 0) is 0 Å². The summed E-state index contributed by atoms with van der Waals surface area (Å²) in [6, 6.07) is 11.4. The molecule has 4 heteroatoms. The third-order valence-electron chi connectivity index (χ3n) is 2.76. The molecule has 2 rings (SSSR count). The Morgan fingerprint density at radius 3 is 2.30 bits per heavy atom. The van der Waals surface area contributed by atoms with Crippen LogP contribution in [0.2, 0.25) is 0 Å². The standard InChI is InChI=1S/C16H15BrF2O/c1-10(2)20-13-5-3-4-11(8-13)16(17)12-6-7-14(18)15(19)9-12/h3-10,16H,1-2H3. The molecule has 0 amide bonds. The molecule has 0 N–H and O–H groups in total.